The van der Waals surface area contributed by atoms with Crippen LogP contribution in [0.1, 0.15) is 16.7 Å². The van der Waals surface area contributed by atoms with Crippen LogP contribution in [0.4, 0.5) is 4.39 Å². The number of thiocarbonyl (C=S) groups is 1. The van der Waals surface area contributed by atoms with Gasteiger partial charge in [0.2, 0.25) is 0 Å². The van der Waals surface area contributed by atoms with E-state index in [4.69, 9.17) is 22.7 Å². The van der Waals surface area contributed by atoms with Crippen molar-refractivity contribution in [1.82, 2.24) is 0 Å². The SMILES string of the molecule is Cc1ccc(F)cc1COc1ccc(Br)cc1C(N)=S. The van der Waals surface area contributed by atoms with Gasteiger partial charge in [0.1, 0.15) is 23.2 Å². The molecule has 0 spiro atoms. The van der Waals surface area contributed by atoms with Crippen LogP contribution in [0.2, 0.25) is 0 Å². The van der Waals surface area contributed by atoms with Crippen molar-refractivity contribution in [3.63, 3.8) is 0 Å². The van der Waals surface area contributed by atoms with Crippen molar-refractivity contribution in [1.29, 1.82) is 0 Å². The van der Waals surface area contributed by atoms with Gasteiger partial charge in [0.15, 0.2) is 0 Å². The molecule has 0 atom stereocenters. The van der Waals surface area contributed by atoms with E-state index in [1.807, 2.05) is 13.0 Å². The summed E-state index contributed by atoms with van der Waals surface area (Å²) in [7, 11) is 0. The zero-order valence-corrected chi connectivity index (χ0v) is 13.2. The van der Waals surface area contributed by atoms with Crippen LogP contribution < -0.4 is 10.5 Å². The quantitative estimate of drug-likeness (QED) is 0.840. The van der Waals surface area contributed by atoms with Crippen molar-refractivity contribution >= 4 is 33.1 Å². The Hall–Kier alpha value is -1.46. The number of halogens is 2. The summed E-state index contributed by atoms with van der Waals surface area (Å²) in [5.74, 6) is 0.309. The first-order valence-electron chi connectivity index (χ1n) is 5.94. The van der Waals surface area contributed by atoms with Crippen molar-refractivity contribution in [2.24, 2.45) is 5.73 Å². The minimum Gasteiger partial charge on any atom is -0.488 e. The molecule has 2 aromatic rings. The molecule has 2 nitrogen and oxygen atoms in total. The lowest BCUT2D eigenvalue weighted by Gasteiger charge is -2.12. The monoisotopic (exact) mass is 353 g/mol. The van der Waals surface area contributed by atoms with Crippen LogP contribution in [0.25, 0.3) is 0 Å². The molecule has 0 saturated heterocycles. The predicted octanol–water partition coefficient (Wildman–Crippen LogP) is 4.11. The number of rotatable bonds is 4. The topological polar surface area (TPSA) is 35.2 Å². The lowest BCUT2D eigenvalue weighted by atomic mass is 10.1. The lowest BCUT2D eigenvalue weighted by molar-refractivity contribution is 0.304. The molecular formula is C15H13BrFNOS. The Kier molecular flexibility index (Phi) is 4.73. The fourth-order valence-corrected chi connectivity index (χ4v) is 2.29. The minimum atomic E-state index is -0.278. The summed E-state index contributed by atoms with van der Waals surface area (Å²) in [5.41, 5.74) is 8.10. The number of benzene rings is 2. The van der Waals surface area contributed by atoms with Gasteiger partial charge >= 0.3 is 0 Å². The van der Waals surface area contributed by atoms with Gasteiger partial charge in [0, 0.05) is 4.47 Å². The highest BCUT2D eigenvalue weighted by Crippen LogP contribution is 2.24. The smallest absolute Gasteiger partial charge is 0.130 e. The molecule has 2 rings (SSSR count). The number of aryl methyl sites for hydroxylation is 1. The summed E-state index contributed by atoms with van der Waals surface area (Å²) in [6.45, 7) is 2.18. The van der Waals surface area contributed by atoms with Gasteiger partial charge in [-0.15, -0.1) is 0 Å². The van der Waals surface area contributed by atoms with Crippen molar-refractivity contribution in [2.45, 2.75) is 13.5 Å². The molecule has 0 heterocycles. The molecule has 104 valence electrons. The van der Waals surface area contributed by atoms with Gasteiger partial charge in [-0.2, -0.15) is 0 Å². The standard InChI is InChI=1S/C15H13BrFNOS/c1-9-2-4-12(17)6-10(9)8-19-14-5-3-11(16)7-13(14)15(18)20/h2-7H,8H2,1H3,(H2,18,20). The van der Waals surface area contributed by atoms with E-state index in [1.54, 1.807) is 18.2 Å². The third-order valence-electron chi connectivity index (χ3n) is 2.90. The Morgan fingerprint density at radius 2 is 2.05 bits per heavy atom. The number of nitrogens with two attached hydrogens (primary N) is 1. The van der Waals surface area contributed by atoms with Crippen LogP contribution in [-0.4, -0.2) is 4.99 Å². The minimum absolute atomic E-state index is 0.261. The molecule has 0 aliphatic rings. The molecule has 2 aromatic carbocycles. The molecule has 20 heavy (non-hydrogen) atoms. The van der Waals surface area contributed by atoms with E-state index in [9.17, 15) is 4.39 Å². The van der Waals surface area contributed by atoms with Gasteiger partial charge in [-0.05, 0) is 48.4 Å². The maximum absolute atomic E-state index is 13.2. The molecule has 0 saturated carbocycles. The van der Waals surface area contributed by atoms with Crippen molar-refractivity contribution in [3.05, 3.63) is 63.4 Å². The summed E-state index contributed by atoms with van der Waals surface area (Å²) < 4.78 is 19.8. The van der Waals surface area contributed by atoms with E-state index in [1.165, 1.54) is 12.1 Å². The molecule has 0 radical (unpaired) electrons. The van der Waals surface area contributed by atoms with Gasteiger partial charge < -0.3 is 10.5 Å². The molecule has 0 aliphatic heterocycles. The molecule has 0 aromatic heterocycles. The molecule has 0 aliphatic carbocycles. The summed E-state index contributed by atoms with van der Waals surface area (Å²) >= 11 is 8.37. The molecular weight excluding hydrogens is 341 g/mol. The van der Waals surface area contributed by atoms with Crippen molar-refractivity contribution in [2.75, 3.05) is 0 Å². The first-order chi connectivity index (χ1) is 9.47. The molecule has 5 heteroatoms. The molecule has 0 fully saturated rings. The van der Waals surface area contributed by atoms with Crippen LogP contribution in [0.5, 0.6) is 5.75 Å². The summed E-state index contributed by atoms with van der Waals surface area (Å²) in [6.07, 6.45) is 0. The van der Waals surface area contributed by atoms with Gasteiger partial charge in [0.25, 0.3) is 0 Å². The Bertz CT molecular complexity index is 660. The normalized spacial score (nSPS) is 10.3. The lowest BCUT2D eigenvalue weighted by Crippen LogP contribution is -2.12. The first kappa shape index (κ1) is 14.9. The second-order valence-electron chi connectivity index (χ2n) is 4.36. The third kappa shape index (κ3) is 3.55. The fraction of sp³-hybridized carbons (Fsp3) is 0.133. The van der Waals surface area contributed by atoms with Crippen molar-refractivity contribution < 1.29 is 9.13 Å². The second kappa shape index (κ2) is 6.33. The van der Waals surface area contributed by atoms with E-state index in [-0.39, 0.29) is 17.4 Å². The first-order valence-corrected chi connectivity index (χ1v) is 7.14. The van der Waals surface area contributed by atoms with Crippen LogP contribution >= 0.6 is 28.1 Å². The molecule has 0 unspecified atom stereocenters. The highest BCUT2D eigenvalue weighted by molar-refractivity contribution is 9.10. The highest BCUT2D eigenvalue weighted by Gasteiger charge is 2.09. The van der Waals surface area contributed by atoms with Crippen molar-refractivity contribution in [3.8, 4) is 5.75 Å². The number of ether oxygens (including phenoxy) is 1. The van der Waals surface area contributed by atoms with Crippen LogP contribution in [-0.2, 0) is 6.61 Å². The van der Waals surface area contributed by atoms with Gasteiger partial charge in [0.05, 0.1) is 5.56 Å². The number of hydrogen-bond acceptors (Lipinski definition) is 2. The van der Waals surface area contributed by atoms with Crippen LogP contribution in [0, 0.1) is 12.7 Å². The molecule has 0 amide bonds. The van der Waals surface area contributed by atoms with Gasteiger partial charge in [-0.3, -0.25) is 0 Å². The largest absolute Gasteiger partial charge is 0.488 e. The van der Waals surface area contributed by atoms with Gasteiger partial charge in [-0.25, -0.2) is 4.39 Å². The number of hydrogen-bond donors (Lipinski definition) is 1. The molecule has 2 N–H and O–H groups in total. The average molecular weight is 354 g/mol. The zero-order chi connectivity index (χ0) is 14.7. The van der Waals surface area contributed by atoms with Crippen LogP contribution in [0.15, 0.2) is 40.9 Å². The average Bonchev–Trinajstić information content (AvgIpc) is 2.40. The fourth-order valence-electron chi connectivity index (χ4n) is 1.77. The summed E-state index contributed by atoms with van der Waals surface area (Å²) in [4.78, 5) is 0.261. The van der Waals surface area contributed by atoms with E-state index in [2.05, 4.69) is 15.9 Å². The maximum atomic E-state index is 13.2. The predicted molar refractivity (Wildman–Crippen MR) is 85.5 cm³/mol. The van der Waals surface area contributed by atoms with E-state index >= 15 is 0 Å². The Morgan fingerprint density at radius 1 is 1.30 bits per heavy atom. The van der Waals surface area contributed by atoms with Gasteiger partial charge in [-0.1, -0.05) is 34.2 Å². The Labute approximate surface area is 130 Å². The zero-order valence-electron chi connectivity index (χ0n) is 10.8. The third-order valence-corrected chi connectivity index (χ3v) is 3.61. The summed E-state index contributed by atoms with van der Waals surface area (Å²) in [6, 6.07) is 10.1. The van der Waals surface area contributed by atoms with E-state index < -0.39 is 0 Å². The summed E-state index contributed by atoms with van der Waals surface area (Å²) in [5, 5.41) is 0. The highest BCUT2D eigenvalue weighted by atomic mass is 79.9. The Balaban J connectivity index is 2.23. The Morgan fingerprint density at radius 3 is 2.75 bits per heavy atom. The second-order valence-corrected chi connectivity index (χ2v) is 5.72. The van der Waals surface area contributed by atoms with E-state index in [0.29, 0.717) is 11.3 Å². The molecule has 0 bridgehead atoms. The maximum Gasteiger partial charge on any atom is 0.130 e. The van der Waals surface area contributed by atoms with Crippen LogP contribution in [0.3, 0.4) is 0 Å². The van der Waals surface area contributed by atoms with E-state index in [0.717, 1.165) is 15.6 Å².